The first-order valence-corrected chi connectivity index (χ1v) is 5.26. The van der Waals surface area contributed by atoms with Crippen LogP contribution in [0.1, 0.15) is 26.3 Å². The standard InChI is InChI=1S/C12H16ClNO/c1-8-5-6-9(7-10(8)13)14-11(15)12(2,3)4/h5-7H,1-4H3,(H,14,15). The molecule has 0 saturated carbocycles. The summed E-state index contributed by atoms with van der Waals surface area (Å²) in [5.74, 6) is -0.0116. The second kappa shape index (κ2) is 4.23. The molecule has 0 fully saturated rings. The monoisotopic (exact) mass is 225 g/mol. The number of amides is 1. The van der Waals surface area contributed by atoms with Crippen LogP contribution < -0.4 is 5.32 Å². The average molecular weight is 226 g/mol. The van der Waals surface area contributed by atoms with Crippen LogP contribution in [0.4, 0.5) is 5.69 Å². The topological polar surface area (TPSA) is 29.1 Å². The summed E-state index contributed by atoms with van der Waals surface area (Å²) >= 11 is 5.96. The zero-order chi connectivity index (χ0) is 11.6. The summed E-state index contributed by atoms with van der Waals surface area (Å²) < 4.78 is 0. The Hall–Kier alpha value is -1.02. The second-order valence-electron chi connectivity index (χ2n) is 4.67. The summed E-state index contributed by atoms with van der Waals surface area (Å²) in [4.78, 5) is 11.7. The Balaban J connectivity index is 2.83. The van der Waals surface area contributed by atoms with Gasteiger partial charge in [0.1, 0.15) is 0 Å². The molecule has 3 heteroatoms. The lowest BCUT2D eigenvalue weighted by molar-refractivity contribution is -0.123. The van der Waals surface area contributed by atoms with Crippen LogP contribution in [0.15, 0.2) is 18.2 Å². The van der Waals surface area contributed by atoms with E-state index in [4.69, 9.17) is 11.6 Å². The van der Waals surface area contributed by atoms with Gasteiger partial charge in [0.25, 0.3) is 0 Å². The van der Waals surface area contributed by atoms with Crippen molar-refractivity contribution in [3.63, 3.8) is 0 Å². The predicted molar refractivity (Wildman–Crippen MR) is 64.3 cm³/mol. The number of carbonyl (C=O) groups is 1. The predicted octanol–water partition coefficient (Wildman–Crippen LogP) is 3.63. The number of aryl methyl sites for hydroxylation is 1. The largest absolute Gasteiger partial charge is 0.326 e. The number of carbonyl (C=O) groups excluding carboxylic acids is 1. The highest BCUT2D eigenvalue weighted by molar-refractivity contribution is 6.31. The molecule has 1 N–H and O–H groups in total. The van der Waals surface area contributed by atoms with E-state index in [0.717, 1.165) is 11.3 Å². The van der Waals surface area contributed by atoms with E-state index in [2.05, 4.69) is 5.32 Å². The van der Waals surface area contributed by atoms with E-state index in [1.165, 1.54) is 0 Å². The molecule has 0 aliphatic heterocycles. The van der Waals surface area contributed by atoms with Gasteiger partial charge in [-0.05, 0) is 24.6 Å². The van der Waals surface area contributed by atoms with Gasteiger partial charge in [-0.25, -0.2) is 0 Å². The number of nitrogens with one attached hydrogen (secondary N) is 1. The van der Waals surface area contributed by atoms with Gasteiger partial charge in [-0.3, -0.25) is 4.79 Å². The van der Waals surface area contributed by atoms with Gasteiger partial charge in [-0.15, -0.1) is 0 Å². The van der Waals surface area contributed by atoms with Gasteiger partial charge in [0.2, 0.25) is 5.91 Å². The van der Waals surface area contributed by atoms with Gasteiger partial charge in [-0.1, -0.05) is 38.4 Å². The van der Waals surface area contributed by atoms with Crippen molar-refractivity contribution in [1.29, 1.82) is 0 Å². The Labute approximate surface area is 95.6 Å². The number of rotatable bonds is 1. The van der Waals surface area contributed by atoms with Crippen molar-refractivity contribution in [2.75, 3.05) is 5.32 Å². The maximum absolute atomic E-state index is 11.7. The van der Waals surface area contributed by atoms with E-state index in [9.17, 15) is 4.79 Å². The lowest BCUT2D eigenvalue weighted by Crippen LogP contribution is -2.27. The first kappa shape index (κ1) is 12.1. The number of hydrogen-bond acceptors (Lipinski definition) is 1. The molecule has 15 heavy (non-hydrogen) atoms. The summed E-state index contributed by atoms with van der Waals surface area (Å²) in [6, 6.07) is 5.51. The van der Waals surface area contributed by atoms with Crippen molar-refractivity contribution in [2.24, 2.45) is 5.41 Å². The maximum atomic E-state index is 11.7. The first-order valence-electron chi connectivity index (χ1n) is 4.88. The van der Waals surface area contributed by atoms with Crippen LogP contribution in [-0.2, 0) is 4.79 Å². The molecular weight excluding hydrogens is 210 g/mol. The van der Waals surface area contributed by atoms with Crippen LogP contribution >= 0.6 is 11.6 Å². The van der Waals surface area contributed by atoms with E-state index in [1.807, 2.05) is 39.8 Å². The van der Waals surface area contributed by atoms with E-state index in [-0.39, 0.29) is 5.91 Å². The highest BCUT2D eigenvalue weighted by Crippen LogP contribution is 2.22. The van der Waals surface area contributed by atoms with Crippen LogP contribution in [0.5, 0.6) is 0 Å². The molecule has 2 nitrogen and oxygen atoms in total. The third-order valence-corrected chi connectivity index (χ3v) is 2.52. The van der Waals surface area contributed by atoms with Crippen LogP contribution in [0.25, 0.3) is 0 Å². The van der Waals surface area contributed by atoms with Crippen molar-refractivity contribution < 1.29 is 4.79 Å². The van der Waals surface area contributed by atoms with Gasteiger partial charge in [0, 0.05) is 16.1 Å². The van der Waals surface area contributed by atoms with Crippen LogP contribution in [-0.4, -0.2) is 5.91 Å². The number of halogens is 1. The molecule has 1 aromatic carbocycles. The van der Waals surface area contributed by atoms with Gasteiger partial charge in [0.05, 0.1) is 0 Å². The molecule has 0 atom stereocenters. The third kappa shape index (κ3) is 3.24. The van der Waals surface area contributed by atoms with E-state index < -0.39 is 5.41 Å². The molecule has 0 spiro atoms. The zero-order valence-electron chi connectivity index (χ0n) is 9.52. The van der Waals surface area contributed by atoms with Gasteiger partial charge >= 0.3 is 0 Å². The Morgan fingerprint density at radius 3 is 2.40 bits per heavy atom. The van der Waals surface area contributed by atoms with Crippen molar-refractivity contribution in [1.82, 2.24) is 0 Å². The highest BCUT2D eigenvalue weighted by atomic mass is 35.5. The first-order chi connectivity index (χ1) is 6.80. The van der Waals surface area contributed by atoms with E-state index in [1.54, 1.807) is 6.07 Å². The van der Waals surface area contributed by atoms with Crippen molar-refractivity contribution in [3.8, 4) is 0 Å². The summed E-state index contributed by atoms with van der Waals surface area (Å²) in [5.41, 5.74) is 1.35. The molecule has 82 valence electrons. The van der Waals surface area contributed by atoms with Crippen molar-refractivity contribution in [3.05, 3.63) is 28.8 Å². The lowest BCUT2D eigenvalue weighted by atomic mass is 9.95. The summed E-state index contributed by atoms with van der Waals surface area (Å²) in [7, 11) is 0. The number of anilines is 1. The fourth-order valence-electron chi connectivity index (χ4n) is 0.989. The molecule has 0 aliphatic carbocycles. The van der Waals surface area contributed by atoms with Gasteiger partial charge in [-0.2, -0.15) is 0 Å². The Morgan fingerprint density at radius 1 is 1.33 bits per heavy atom. The second-order valence-corrected chi connectivity index (χ2v) is 5.08. The molecule has 0 heterocycles. The molecule has 0 bridgehead atoms. The molecule has 0 aromatic heterocycles. The molecule has 1 rings (SSSR count). The quantitative estimate of drug-likeness (QED) is 0.777. The summed E-state index contributed by atoms with van der Waals surface area (Å²) in [6.07, 6.45) is 0. The molecule has 0 radical (unpaired) electrons. The zero-order valence-corrected chi connectivity index (χ0v) is 10.3. The fraction of sp³-hybridized carbons (Fsp3) is 0.417. The van der Waals surface area contributed by atoms with Crippen molar-refractivity contribution >= 4 is 23.2 Å². The molecule has 1 amide bonds. The smallest absolute Gasteiger partial charge is 0.229 e. The normalized spacial score (nSPS) is 11.3. The van der Waals surface area contributed by atoms with Gasteiger partial charge < -0.3 is 5.32 Å². The minimum absolute atomic E-state index is 0.0116. The molecule has 0 aliphatic rings. The highest BCUT2D eigenvalue weighted by Gasteiger charge is 2.21. The summed E-state index contributed by atoms with van der Waals surface area (Å²) in [6.45, 7) is 7.55. The van der Waals surface area contributed by atoms with Crippen LogP contribution in [0.3, 0.4) is 0 Å². The Kier molecular flexibility index (Phi) is 3.40. The van der Waals surface area contributed by atoms with Crippen LogP contribution in [0.2, 0.25) is 5.02 Å². The number of hydrogen-bond donors (Lipinski definition) is 1. The molecule has 0 unspecified atom stereocenters. The molecule has 0 saturated heterocycles. The average Bonchev–Trinajstić information content (AvgIpc) is 2.10. The minimum atomic E-state index is -0.392. The molecular formula is C12H16ClNO. The van der Waals surface area contributed by atoms with Crippen molar-refractivity contribution in [2.45, 2.75) is 27.7 Å². The van der Waals surface area contributed by atoms with E-state index >= 15 is 0 Å². The number of benzene rings is 1. The lowest BCUT2D eigenvalue weighted by Gasteiger charge is -2.17. The Morgan fingerprint density at radius 2 is 1.93 bits per heavy atom. The summed E-state index contributed by atoms with van der Waals surface area (Å²) in [5, 5.41) is 3.49. The van der Waals surface area contributed by atoms with E-state index in [0.29, 0.717) is 5.02 Å². The van der Waals surface area contributed by atoms with Gasteiger partial charge in [0.15, 0.2) is 0 Å². The third-order valence-electron chi connectivity index (χ3n) is 2.11. The molecule has 1 aromatic rings. The van der Waals surface area contributed by atoms with Crippen LogP contribution in [0, 0.1) is 12.3 Å². The fourth-order valence-corrected chi connectivity index (χ4v) is 1.17. The minimum Gasteiger partial charge on any atom is -0.326 e. The Bertz CT molecular complexity index is 380. The SMILES string of the molecule is Cc1ccc(NC(=O)C(C)(C)C)cc1Cl. The maximum Gasteiger partial charge on any atom is 0.229 e.